The van der Waals surface area contributed by atoms with Gasteiger partial charge in [0.05, 0.1) is 6.54 Å². The molecular formula is C10H13F3N4O. The number of likely N-dealkylation sites (N-methyl/N-ethyl adjacent to an activating group) is 2. The van der Waals surface area contributed by atoms with Gasteiger partial charge in [-0.2, -0.15) is 13.2 Å². The Balaban J connectivity index is 2.87. The average Bonchev–Trinajstić information content (AvgIpc) is 2.27. The van der Waals surface area contributed by atoms with Crippen molar-refractivity contribution in [3.05, 3.63) is 18.0 Å². The fourth-order valence-electron chi connectivity index (χ4n) is 1.11. The van der Waals surface area contributed by atoms with Crippen molar-refractivity contribution < 1.29 is 18.0 Å². The Labute approximate surface area is 102 Å². The Morgan fingerprint density at radius 3 is 2.44 bits per heavy atom. The first-order valence-corrected chi connectivity index (χ1v) is 5.03. The van der Waals surface area contributed by atoms with Crippen LogP contribution in [0.1, 0.15) is 5.69 Å². The van der Waals surface area contributed by atoms with Gasteiger partial charge < -0.3 is 9.80 Å². The summed E-state index contributed by atoms with van der Waals surface area (Å²) in [7, 11) is 4.57. The Bertz CT molecular complexity index is 433. The smallest absolute Gasteiger partial charge is 0.347 e. The lowest BCUT2D eigenvalue weighted by atomic mass is 10.4. The second-order valence-corrected chi connectivity index (χ2v) is 3.88. The highest BCUT2D eigenvalue weighted by molar-refractivity contribution is 5.80. The number of nitrogens with zero attached hydrogens (tertiary/aromatic N) is 4. The molecule has 0 fully saturated rings. The van der Waals surface area contributed by atoms with Crippen molar-refractivity contribution in [1.82, 2.24) is 14.9 Å². The van der Waals surface area contributed by atoms with Crippen molar-refractivity contribution in [3.63, 3.8) is 0 Å². The first-order valence-electron chi connectivity index (χ1n) is 5.03. The van der Waals surface area contributed by atoms with E-state index in [1.807, 2.05) is 0 Å². The zero-order chi connectivity index (χ0) is 13.9. The van der Waals surface area contributed by atoms with Gasteiger partial charge in [-0.3, -0.25) is 4.79 Å². The number of hydrogen-bond donors (Lipinski definition) is 0. The van der Waals surface area contributed by atoms with Crippen LogP contribution in [0.25, 0.3) is 0 Å². The van der Waals surface area contributed by atoms with Crippen molar-refractivity contribution in [1.29, 1.82) is 0 Å². The van der Waals surface area contributed by atoms with E-state index in [-0.39, 0.29) is 18.4 Å². The summed E-state index contributed by atoms with van der Waals surface area (Å²) in [6.45, 7) is -0.0890. The Hall–Kier alpha value is -1.86. The molecule has 1 heterocycles. The van der Waals surface area contributed by atoms with Crippen molar-refractivity contribution in [2.45, 2.75) is 6.18 Å². The maximum atomic E-state index is 12.4. The summed E-state index contributed by atoms with van der Waals surface area (Å²) in [6.07, 6.45) is -3.51. The van der Waals surface area contributed by atoms with E-state index in [9.17, 15) is 18.0 Å². The number of anilines is 1. The number of carbonyl (C=O) groups excluding carboxylic acids is 1. The summed E-state index contributed by atoms with van der Waals surface area (Å²) < 4.78 is 37.3. The van der Waals surface area contributed by atoms with Gasteiger partial charge in [0.15, 0.2) is 0 Å². The lowest BCUT2D eigenvalue weighted by Gasteiger charge is -2.19. The minimum Gasteiger partial charge on any atom is -0.347 e. The number of alkyl halides is 3. The molecule has 0 radical (unpaired) electrons. The van der Waals surface area contributed by atoms with E-state index in [2.05, 4.69) is 9.97 Å². The SMILES string of the molecule is CN(C)C(=O)CN(C)c1nccc(C(F)(F)F)n1. The number of carbonyl (C=O) groups is 1. The van der Waals surface area contributed by atoms with Gasteiger partial charge in [0, 0.05) is 27.3 Å². The van der Waals surface area contributed by atoms with Crippen LogP contribution in [0.4, 0.5) is 19.1 Å². The van der Waals surface area contributed by atoms with Crippen molar-refractivity contribution in [3.8, 4) is 0 Å². The predicted octanol–water partition coefficient (Wildman–Crippen LogP) is 1.02. The molecule has 8 heteroatoms. The standard InChI is InChI=1S/C10H13F3N4O/c1-16(2)8(18)6-17(3)9-14-5-4-7(15-9)10(11,12)13/h4-5H,6H2,1-3H3. The van der Waals surface area contributed by atoms with Crippen molar-refractivity contribution in [2.75, 3.05) is 32.6 Å². The van der Waals surface area contributed by atoms with E-state index in [0.29, 0.717) is 0 Å². The highest BCUT2D eigenvalue weighted by Gasteiger charge is 2.33. The molecule has 1 amide bonds. The first-order chi connectivity index (χ1) is 8.21. The molecule has 1 aromatic heterocycles. The van der Waals surface area contributed by atoms with E-state index in [1.54, 1.807) is 14.1 Å². The maximum Gasteiger partial charge on any atom is 0.433 e. The summed E-state index contributed by atoms with van der Waals surface area (Å²) in [5, 5.41) is 0. The van der Waals surface area contributed by atoms with Crippen LogP contribution in [-0.4, -0.2) is 48.5 Å². The summed E-state index contributed by atoms with van der Waals surface area (Å²) in [6, 6.07) is 0.783. The lowest BCUT2D eigenvalue weighted by molar-refractivity contribution is -0.141. The fourth-order valence-corrected chi connectivity index (χ4v) is 1.11. The molecule has 0 spiro atoms. The number of amides is 1. The van der Waals surface area contributed by atoms with Crippen molar-refractivity contribution in [2.24, 2.45) is 0 Å². The van der Waals surface area contributed by atoms with Gasteiger partial charge in [-0.1, -0.05) is 0 Å². The molecule has 0 aromatic carbocycles. The van der Waals surface area contributed by atoms with Crippen LogP contribution in [0.3, 0.4) is 0 Å². The molecule has 0 saturated heterocycles. The number of halogens is 3. The molecule has 0 atom stereocenters. The molecule has 18 heavy (non-hydrogen) atoms. The van der Waals surface area contributed by atoms with Crippen LogP contribution >= 0.6 is 0 Å². The largest absolute Gasteiger partial charge is 0.433 e. The highest BCUT2D eigenvalue weighted by atomic mass is 19.4. The molecule has 0 aliphatic heterocycles. The van der Waals surface area contributed by atoms with Crippen LogP contribution < -0.4 is 4.90 Å². The molecule has 0 aliphatic rings. The first kappa shape index (κ1) is 14.2. The second kappa shape index (κ2) is 5.19. The van der Waals surface area contributed by atoms with Crippen LogP contribution in [-0.2, 0) is 11.0 Å². The molecule has 0 N–H and O–H groups in total. The van der Waals surface area contributed by atoms with Gasteiger partial charge in [-0.25, -0.2) is 9.97 Å². The Morgan fingerprint density at radius 1 is 1.33 bits per heavy atom. The van der Waals surface area contributed by atoms with E-state index < -0.39 is 11.9 Å². The van der Waals surface area contributed by atoms with Crippen LogP contribution in [0.2, 0.25) is 0 Å². The minimum atomic E-state index is -4.52. The molecule has 5 nitrogen and oxygen atoms in total. The summed E-state index contributed by atoms with van der Waals surface area (Å²) >= 11 is 0. The fraction of sp³-hybridized carbons (Fsp3) is 0.500. The third-order valence-electron chi connectivity index (χ3n) is 2.15. The normalized spacial score (nSPS) is 11.2. The van der Waals surface area contributed by atoms with Gasteiger partial charge in [0.1, 0.15) is 5.69 Å². The highest BCUT2D eigenvalue weighted by Crippen LogP contribution is 2.27. The van der Waals surface area contributed by atoms with E-state index >= 15 is 0 Å². The predicted molar refractivity (Wildman–Crippen MR) is 59.0 cm³/mol. The van der Waals surface area contributed by atoms with E-state index in [4.69, 9.17) is 0 Å². The third-order valence-corrected chi connectivity index (χ3v) is 2.15. The van der Waals surface area contributed by atoms with Gasteiger partial charge in [-0.15, -0.1) is 0 Å². The van der Waals surface area contributed by atoms with Crippen LogP contribution in [0.15, 0.2) is 12.3 Å². The zero-order valence-electron chi connectivity index (χ0n) is 10.2. The summed E-state index contributed by atoms with van der Waals surface area (Å²) in [4.78, 5) is 21.1. The summed E-state index contributed by atoms with van der Waals surface area (Å²) in [5.41, 5.74) is -1.03. The summed E-state index contributed by atoms with van der Waals surface area (Å²) in [5.74, 6) is -0.390. The quantitative estimate of drug-likeness (QED) is 0.816. The van der Waals surface area contributed by atoms with E-state index in [0.717, 1.165) is 12.3 Å². The second-order valence-electron chi connectivity index (χ2n) is 3.88. The van der Waals surface area contributed by atoms with Gasteiger partial charge in [0.2, 0.25) is 11.9 Å². The average molecular weight is 262 g/mol. The van der Waals surface area contributed by atoms with Crippen molar-refractivity contribution >= 4 is 11.9 Å². The third kappa shape index (κ3) is 3.57. The molecule has 1 rings (SSSR count). The minimum absolute atomic E-state index is 0.0890. The zero-order valence-corrected chi connectivity index (χ0v) is 10.2. The molecule has 1 aromatic rings. The molecule has 0 saturated carbocycles. The molecule has 0 bridgehead atoms. The van der Waals surface area contributed by atoms with E-state index in [1.165, 1.54) is 16.8 Å². The van der Waals surface area contributed by atoms with Gasteiger partial charge in [0.25, 0.3) is 0 Å². The monoisotopic (exact) mass is 262 g/mol. The number of hydrogen-bond acceptors (Lipinski definition) is 4. The topological polar surface area (TPSA) is 49.3 Å². The Morgan fingerprint density at radius 2 is 1.94 bits per heavy atom. The molecule has 0 unspecified atom stereocenters. The lowest BCUT2D eigenvalue weighted by Crippen LogP contribution is -2.35. The van der Waals surface area contributed by atoms with Gasteiger partial charge >= 0.3 is 6.18 Å². The molecule has 100 valence electrons. The molecular weight excluding hydrogens is 249 g/mol. The van der Waals surface area contributed by atoms with Crippen LogP contribution in [0, 0.1) is 0 Å². The van der Waals surface area contributed by atoms with Gasteiger partial charge in [-0.05, 0) is 6.07 Å². The number of aromatic nitrogens is 2. The maximum absolute atomic E-state index is 12.4. The number of rotatable bonds is 3. The Kier molecular flexibility index (Phi) is 4.10. The van der Waals surface area contributed by atoms with Crippen LogP contribution in [0.5, 0.6) is 0 Å². The molecule has 0 aliphatic carbocycles.